The smallest absolute Gasteiger partial charge is 0.228 e. The molecule has 0 spiro atoms. The maximum atomic E-state index is 12.9. The molecular formula is C19H29N5O2. The van der Waals surface area contributed by atoms with E-state index in [1.165, 1.54) is 0 Å². The molecule has 2 aliphatic carbocycles. The largest absolute Gasteiger partial charge is 0.353 e. The molecule has 2 saturated carbocycles. The summed E-state index contributed by atoms with van der Waals surface area (Å²) in [7, 11) is 4.12. The van der Waals surface area contributed by atoms with Crippen LogP contribution >= 0.6 is 0 Å². The van der Waals surface area contributed by atoms with E-state index in [9.17, 15) is 9.59 Å². The van der Waals surface area contributed by atoms with Crippen molar-refractivity contribution in [3.8, 4) is 0 Å². The Kier molecular flexibility index (Phi) is 4.50. The molecule has 142 valence electrons. The molecule has 7 heteroatoms. The number of piperidine rings is 1. The van der Waals surface area contributed by atoms with Crippen molar-refractivity contribution < 1.29 is 9.59 Å². The predicted octanol–water partition coefficient (Wildman–Crippen LogP) is 0.578. The van der Waals surface area contributed by atoms with Crippen LogP contribution in [0.1, 0.15) is 25.7 Å². The number of fused-ring (bicyclic) bond motifs is 1. The molecule has 1 aromatic heterocycles. The Hall–Kier alpha value is -1.89. The number of aromatic nitrogens is 2. The van der Waals surface area contributed by atoms with Crippen molar-refractivity contribution in [2.24, 2.45) is 17.3 Å². The van der Waals surface area contributed by atoms with Gasteiger partial charge < -0.3 is 19.7 Å². The van der Waals surface area contributed by atoms with Gasteiger partial charge >= 0.3 is 0 Å². The molecule has 0 radical (unpaired) electrons. The van der Waals surface area contributed by atoms with E-state index in [4.69, 9.17) is 0 Å². The molecule has 1 saturated heterocycles. The number of amides is 2. The number of imidazole rings is 1. The highest BCUT2D eigenvalue weighted by molar-refractivity contribution is 5.86. The molecule has 3 fully saturated rings. The van der Waals surface area contributed by atoms with Crippen molar-refractivity contribution in [1.29, 1.82) is 0 Å². The van der Waals surface area contributed by atoms with Crippen LogP contribution in [0.15, 0.2) is 18.7 Å². The van der Waals surface area contributed by atoms with Gasteiger partial charge in [0.2, 0.25) is 11.8 Å². The van der Waals surface area contributed by atoms with Crippen LogP contribution in [0, 0.1) is 17.3 Å². The molecule has 3 aliphatic rings. The molecule has 1 N–H and O–H groups in total. The lowest BCUT2D eigenvalue weighted by Gasteiger charge is -2.26. The van der Waals surface area contributed by atoms with Crippen LogP contribution < -0.4 is 5.32 Å². The third-order valence-corrected chi connectivity index (χ3v) is 6.31. The summed E-state index contributed by atoms with van der Waals surface area (Å²) < 4.78 is 1.91. The summed E-state index contributed by atoms with van der Waals surface area (Å²) in [5, 5.41) is 3.15. The second-order valence-corrected chi connectivity index (χ2v) is 8.52. The van der Waals surface area contributed by atoms with Crippen LogP contribution in [-0.2, 0) is 16.1 Å². The van der Waals surface area contributed by atoms with E-state index in [2.05, 4.69) is 34.2 Å². The van der Waals surface area contributed by atoms with E-state index in [-0.39, 0.29) is 17.4 Å². The number of nitrogens with zero attached hydrogens (tertiary/aromatic N) is 4. The molecule has 26 heavy (non-hydrogen) atoms. The van der Waals surface area contributed by atoms with Crippen LogP contribution in [-0.4, -0.2) is 70.9 Å². The van der Waals surface area contributed by atoms with Gasteiger partial charge in [0.15, 0.2) is 0 Å². The van der Waals surface area contributed by atoms with Crippen LogP contribution in [0.4, 0.5) is 0 Å². The number of rotatable bonds is 8. The Balaban J connectivity index is 1.20. The van der Waals surface area contributed by atoms with Crippen molar-refractivity contribution >= 4 is 11.8 Å². The Bertz CT molecular complexity index is 655. The van der Waals surface area contributed by atoms with Crippen molar-refractivity contribution in [3.63, 3.8) is 0 Å². The van der Waals surface area contributed by atoms with Crippen molar-refractivity contribution in [3.05, 3.63) is 18.7 Å². The zero-order valence-electron chi connectivity index (χ0n) is 15.7. The lowest BCUT2D eigenvalue weighted by Crippen LogP contribution is -2.41. The second-order valence-electron chi connectivity index (χ2n) is 8.52. The second kappa shape index (κ2) is 6.68. The van der Waals surface area contributed by atoms with Crippen LogP contribution in [0.2, 0.25) is 0 Å². The van der Waals surface area contributed by atoms with Crippen LogP contribution in [0.3, 0.4) is 0 Å². The molecule has 1 unspecified atom stereocenters. The Morgan fingerprint density at radius 1 is 1.27 bits per heavy atom. The number of aryl methyl sites for hydroxylation is 1. The van der Waals surface area contributed by atoms with Gasteiger partial charge in [-0.1, -0.05) is 0 Å². The van der Waals surface area contributed by atoms with E-state index in [1.807, 2.05) is 10.8 Å². The van der Waals surface area contributed by atoms with Crippen molar-refractivity contribution in [2.75, 3.05) is 33.7 Å². The monoisotopic (exact) mass is 359 g/mol. The van der Waals surface area contributed by atoms with E-state index < -0.39 is 0 Å². The van der Waals surface area contributed by atoms with Crippen molar-refractivity contribution in [1.82, 2.24) is 24.7 Å². The summed E-state index contributed by atoms with van der Waals surface area (Å²) in [6.07, 6.45) is 8.85. The minimum Gasteiger partial charge on any atom is -0.353 e. The first-order valence-corrected chi connectivity index (χ1v) is 9.68. The van der Waals surface area contributed by atoms with Crippen LogP contribution in [0.5, 0.6) is 0 Å². The highest BCUT2D eigenvalue weighted by Crippen LogP contribution is 2.53. The molecule has 1 aliphatic heterocycles. The minimum absolute atomic E-state index is 0.0788. The molecule has 7 nitrogen and oxygen atoms in total. The average molecular weight is 359 g/mol. The Morgan fingerprint density at radius 3 is 2.58 bits per heavy atom. The summed E-state index contributed by atoms with van der Waals surface area (Å²) in [6.45, 7) is 3.27. The van der Waals surface area contributed by atoms with Gasteiger partial charge in [-0.3, -0.25) is 9.59 Å². The topological polar surface area (TPSA) is 70.5 Å². The summed E-state index contributed by atoms with van der Waals surface area (Å²) in [5.74, 6) is 1.37. The number of hydrogen-bond acceptors (Lipinski definition) is 4. The SMILES string of the molecule is CN(C)CCC1(C(=O)N2C[C@@H]3C(NC(=O)CCn4ccnc4)[C@@H]3C2)CC1. The van der Waals surface area contributed by atoms with Gasteiger partial charge in [0.05, 0.1) is 11.7 Å². The van der Waals surface area contributed by atoms with Crippen molar-refractivity contribution in [2.45, 2.75) is 38.3 Å². The lowest BCUT2D eigenvalue weighted by atomic mass is 10.00. The zero-order chi connectivity index (χ0) is 18.3. The van der Waals surface area contributed by atoms with Gasteiger partial charge in [-0.2, -0.15) is 0 Å². The summed E-state index contributed by atoms with van der Waals surface area (Å²) in [4.78, 5) is 33.2. The maximum absolute atomic E-state index is 12.9. The van der Waals surface area contributed by atoms with E-state index in [0.29, 0.717) is 30.7 Å². The molecular weight excluding hydrogens is 330 g/mol. The molecule has 3 atom stereocenters. The maximum Gasteiger partial charge on any atom is 0.228 e. The average Bonchev–Trinajstić information content (AvgIpc) is 3.35. The summed E-state index contributed by atoms with van der Waals surface area (Å²) in [6, 6.07) is 0.270. The van der Waals surface area contributed by atoms with Gasteiger partial charge in [0.25, 0.3) is 0 Å². The highest BCUT2D eigenvalue weighted by atomic mass is 16.2. The number of carbonyl (C=O) groups is 2. The van der Waals surface area contributed by atoms with Gasteiger partial charge in [-0.15, -0.1) is 0 Å². The first kappa shape index (κ1) is 17.5. The fourth-order valence-corrected chi connectivity index (χ4v) is 4.31. The lowest BCUT2D eigenvalue weighted by molar-refractivity contribution is -0.136. The molecule has 0 aromatic carbocycles. The molecule has 2 amide bonds. The van der Waals surface area contributed by atoms with E-state index in [0.717, 1.165) is 38.9 Å². The summed E-state index contributed by atoms with van der Waals surface area (Å²) in [5.41, 5.74) is -0.0788. The number of likely N-dealkylation sites (tertiary alicyclic amines) is 1. The highest BCUT2D eigenvalue weighted by Gasteiger charge is 2.60. The molecule has 1 aromatic rings. The summed E-state index contributed by atoms with van der Waals surface area (Å²) >= 11 is 0. The minimum atomic E-state index is -0.0788. The van der Waals surface area contributed by atoms with Gasteiger partial charge in [-0.05, 0) is 39.9 Å². The molecule has 4 rings (SSSR count). The van der Waals surface area contributed by atoms with E-state index >= 15 is 0 Å². The first-order valence-electron chi connectivity index (χ1n) is 9.68. The number of carbonyl (C=O) groups excluding carboxylic acids is 2. The van der Waals surface area contributed by atoms with Gasteiger partial charge in [0, 0.05) is 56.3 Å². The number of hydrogen-bond donors (Lipinski definition) is 1. The van der Waals surface area contributed by atoms with Gasteiger partial charge in [0.1, 0.15) is 0 Å². The predicted molar refractivity (Wildman–Crippen MR) is 97.2 cm³/mol. The zero-order valence-corrected chi connectivity index (χ0v) is 15.7. The first-order chi connectivity index (χ1) is 12.5. The Labute approximate surface area is 154 Å². The van der Waals surface area contributed by atoms with Crippen LogP contribution in [0.25, 0.3) is 0 Å². The third-order valence-electron chi connectivity index (χ3n) is 6.31. The standard InChI is InChI=1S/C19H29N5O2/c1-22(2)9-6-19(4-5-19)18(26)24-11-14-15(12-24)17(14)21-16(25)3-8-23-10-7-20-13-23/h7,10,13-15,17H,3-6,8-9,11-12H2,1-2H3,(H,21,25)/t14-,15+,17?. The molecule has 2 heterocycles. The fraction of sp³-hybridized carbons (Fsp3) is 0.737. The normalized spacial score (nSPS) is 28.1. The quantitative estimate of drug-likeness (QED) is 0.737. The molecule has 0 bridgehead atoms. The van der Waals surface area contributed by atoms with Gasteiger partial charge in [-0.25, -0.2) is 4.98 Å². The third kappa shape index (κ3) is 3.49. The van der Waals surface area contributed by atoms with E-state index in [1.54, 1.807) is 12.5 Å². The Morgan fingerprint density at radius 2 is 2.00 bits per heavy atom. The fourth-order valence-electron chi connectivity index (χ4n) is 4.31. The number of nitrogens with one attached hydrogen (secondary N) is 1.